The van der Waals surface area contributed by atoms with Crippen molar-refractivity contribution < 1.29 is 9.18 Å². The minimum absolute atomic E-state index is 0.0714. The molecule has 1 aliphatic heterocycles. The van der Waals surface area contributed by atoms with Gasteiger partial charge in [-0.25, -0.2) is 4.39 Å². The fourth-order valence-corrected chi connectivity index (χ4v) is 5.36. The van der Waals surface area contributed by atoms with Crippen molar-refractivity contribution in [3.63, 3.8) is 0 Å². The fourth-order valence-electron chi connectivity index (χ4n) is 1.99. The second-order valence-electron chi connectivity index (χ2n) is 4.10. The van der Waals surface area contributed by atoms with E-state index in [1.165, 1.54) is 6.07 Å². The SMILES string of the molecule is CCC1SCCSC1C(=O)c1cc(Br)ccc1F. The maximum Gasteiger partial charge on any atom is 0.179 e. The van der Waals surface area contributed by atoms with E-state index in [0.717, 1.165) is 22.4 Å². The minimum atomic E-state index is -0.422. The molecule has 2 atom stereocenters. The van der Waals surface area contributed by atoms with E-state index in [0.29, 0.717) is 5.25 Å². The number of carbonyl (C=O) groups is 1. The van der Waals surface area contributed by atoms with Crippen LogP contribution in [0.5, 0.6) is 0 Å². The molecule has 1 nitrogen and oxygen atoms in total. The zero-order valence-electron chi connectivity index (χ0n) is 9.99. The molecule has 0 aromatic heterocycles. The first-order valence-corrected chi connectivity index (χ1v) is 8.75. The van der Waals surface area contributed by atoms with Crippen LogP contribution in [0.4, 0.5) is 4.39 Å². The molecule has 5 heteroatoms. The van der Waals surface area contributed by atoms with Crippen molar-refractivity contribution in [2.45, 2.75) is 23.8 Å². The van der Waals surface area contributed by atoms with Gasteiger partial charge in [0.25, 0.3) is 0 Å². The fraction of sp³-hybridized carbons (Fsp3) is 0.462. The quantitative estimate of drug-likeness (QED) is 0.753. The molecular formula is C13H14BrFOS2. The van der Waals surface area contributed by atoms with Crippen molar-refractivity contribution in [3.8, 4) is 0 Å². The van der Waals surface area contributed by atoms with Gasteiger partial charge < -0.3 is 0 Å². The zero-order valence-corrected chi connectivity index (χ0v) is 13.2. The van der Waals surface area contributed by atoms with Gasteiger partial charge >= 0.3 is 0 Å². The van der Waals surface area contributed by atoms with Gasteiger partial charge in [-0.05, 0) is 24.6 Å². The van der Waals surface area contributed by atoms with Gasteiger partial charge in [0, 0.05) is 21.2 Å². The molecule has 0 radical (unpaired) electrons. The molecule has 1 aromatic rings. The average Bonchev–Trinajstić information content (AvgIpc) is 2.40. The summed E-state index contributed by atoms with van der Waals surface area (Å²) in [6, 6.07) is 4.55. The van der Waals surface area contributed by atoms with Gasteiger partial charge in [-0.2, -0.15) is 11.8 Å². The molecular weight excluding hydrogens is 335 g/mol. The van der Waals surface area contributed by atoms with E-state index in [1.54, 1.807) is 23.9 Å². The Labute approximate surface area is 123 Å². The summed E-state index contributed by atoms with van der Waals surface area (Å²) in [6.45, 7) is 2.08. The van der Waals surface area contributed by atoms with Gasteiger partial charge in [0.1, 0.15) is 5.82 Å². The molecule has 1 aliphatic rings. The number of Topliss-reactive ketones (excluding diaryl/α,β-unsaturated/α-hetero) is 1. The van der Waals surface area contributed by atoms with Crippen molar-refractivity contribution in [1.82, 2.24) is 0 Å². The Hall–Kier alpha value is -0.000000000000000111. The van der Waals surface area contributed by atoms with Gasteiger partial charge in [-0.3, -0.25) is 4.79 Å². The summed E-state index contributed by atoms with van der Waals surface area (Å²) in [5, 5.41) is 0.187. The summed E-state index contributed by atoms with van der Waals surface area (Å²) in [5.41, 5.74) is 0.211. The van der Waals surface area contributed by atoms with Crippen LogP contribution in [0.25, 0.3) is 0 Å². The molecule has 1 aromatic carbocycles. The highest BCUT2D eigenvalue weighted by Gasteiger charge is 2.32. The van der Waals surface area contributed by atoms with E-state index >= 15 is 0 Å². The Kier molecular flexibility index (Phi) is 5.15. The second kappa shape index (κ2) is 6.44. The van der Waals surface area contributed by atoms with Crippen LogP contribution in [0.3, 0.4) is 0 Å². The van der Waals surface area contributed by atoms with E-state index in [1.807, 2.05) is 11.8 Å². The molecule has 18 heavy (non-hydrogen) atoms. The van der Waals surface area contributed by atoms with Gasteiger partial charge in [0.2, 0.25) is 0 Å². The predicted molar refractivity (Wildman–Crippen MR) is 81.2 cm³/mol. The van der Waals surface area contributed by atoms with Gasteiger partial charge in [-0.1, -0.05) is 22.9 Å². The Morgan fingerprint density at radius 3 is 2.89 bits per heavy atom. The first kappa shape index (κ1) is 14.4. The lowest BCUT2D eigenvalue weighted by molar-refractivity contribution is 0.0984. The monoisotopic (exact) mass is 348 g/mol. The third kappa shape index (κ3) is 3.11. The lowest BCUT2D eigenvalue weighted by atomic mass is 10.0. The molecule has 2 rings (SSSR count). The molecule has 0 amide bonds. The lowest BCUT2D eigenvalue weighted by Gasteiger charge is -2.28. The molecule has 98 valence electrons. The summed E-state index contributed by atoms with van der Waals surface area (Å²) in [5.74, 6) is 1.55. The van der Waals surface area contributed by atoms with Crippen LogP contribution in [-0.4, -0.2) is 27.8 Å². The summed E-state index contributed by atoms with van der Waals surface area (Å²) in [6.07, 6.45) is 0.948. The van der Waals surface area contributed by atoms with E-state index in [9.17, 15) is 9.18 Å². The van der Waals surface area contributed by atoms with Crippen molar-refractivity contribution in [3.05, 3.63) is 34.1 Å². The number of thioether (sulfide) groups is 2. The normalized spacial score (nSPS) is 23.9. The maximum atomic E-state index is 13.7. The van der Waals surface area contributed by atoms with Crippen molar-refractivity contribution in [1.29, 1.82) is 0 Å². The van der Waals surface area contributed by atoms with Crippen LogP contribution in [0.15, 0.2) is 22.7 Å². The van der Waals surface area contributed by atoms with Crippen LogP contribution in [0.2, 0.25) is 0 Å². The number of hydrogen-bond acceptors (Lipinski definition) is 3. The highest BCUT2D eigenvalue weighted by atomic mass is 79.9. The molecule has 1 saturated heterocycles. The molecule has 0 N–H and O–H groups in total. The van der Waals surface area contributed by atoms with Crippen LogP contribution in [-0.2, 0) is 0 Å². The Morgan fingerprint density at radius 2 is 2.17 bits per heavy atom. The Balaban J connectivity index is 2.26. The molecule has 0 spiro atoms. The molecule has 0 aliphatic carbocycles. The first-order chi connectivity index (χ1) is 8.63. The number of hydrogen-bond donors (Lipinski definition) is 0. The summed E-state index contributed by atoms with van der Waals surface area (Å²) >= 11 is 6.78. The zero-order chi connectivity index (χ0) is 13.1. The lowest BCUT2D eigenvalue weighted by Crippen LogP contribution is -2.33. The molecule has 0 bridgehead atoms. The van der Waals surface area contributed by atoms with E-state index in [4.69, 9.17) is 0 Å². The average molecular weight is 349 g/mol. The number of benzene rings is 1. The van der Waals surface area contributed by atoms with Crippen LogP contribution in [0, 0.1) is 5.82 Å². The number of carbonyl (C=O) groups excluding carboxylic acids is 1. The molecule has 1 heterocycles. The largest absolute Gasteiger partial charge is 0.293 e. The Bertz CT molecular complexity index is 453. The van der Waals surface area contributed by atoms with Gasteiger partial charge in [-0.15, -0.1) is 11.8 Å². The first-order valence-electron chi connectivity index (χ1n) is 5.86. The van der Waals surface area contributed by atoms with Crippen LogP contribution >= 0.6 is 39.5 Å². The molecule has 0 saturated carbocycles. The second-order valence-corrected chi connectivity index (χ2v) is 7.61. The number of halogens is 2. The summed E-state index contributed by atoms with van der Waals surface area (Å²) in [7, 11) is 0. The number of rotatable bonds is 3. The summed E-state index contributed by atoms with van der Waals surface area (Å²) in [4.78, 5) is 12.4. The third-order valence-electron chi connectivity index (χ3n) is 2.90. The smallest absolute Gasteiger partial charge is 0.179 e. The van der Waals surface area contributed by atoms with E-state index < -0.39 is 5.82 Å². The standard InChI is InChI=1S/C13H14BrFOS2/c1-2-11-13(18-6-5-17-11)12(16)9-7-8(14)3-4-10(9)15/h3-4,7,11,13H,2,5-6H2,1H3. The summed E-state index contributed by atoms with van der Waals surface area (Å²) < 4.78 is 14.5. The van der Waals surface area contributed by atoms with Gasteiger partial charge in [0.15, 0.2) is 5.78 Å². The topological polar surface area (TPSA) is 17.1 Å². The third-order valence-corrected chi connectivity index (χ3v) is 6.64. The highest BCUT2D eigenvalue weighted by molar-refractivity contribution is 9.10. The van der Waals surface area contributed by atoms with Crippen molar-refractivity contribution >= 4 is 45.2 Å². The minimum Gasteiger partial charge on any atom is -0.293 e. The molecule has 1 fully saturated rings. The van der Waals surface area contributed by atoms with Crippen LogP contribution in [0.1, 0.15) is 23.7 Å². The van der Waals surface area contributed by atoms with Crippen LogP contribution < -0.4 is 0 Å². The van der Waals surface area contributed by atoms with Crippen molar-refractivity contribution in [2.75, 3.05) is 11.5 Å². The Morgan fingerprint density at radius 1 is 1.44 bits per heavy atom. The predicted octanol–water partition coefficient (Wildman–Crippen LogP) is 4.40. The maximum absolute atomic E-state index is 13.7. The van der Waals surface area contributed by atoms with E-state index in [-0.39, 0.29) is 16.6 Å². The highest BCUT2D eigenvalue weighted by Crippen LogP contribution is 2.35. The number of ketones is 1. The van der Waals surface area contributed by atoms with Crippen molar-refractivity contribution in [2.24, 2.45) is 0 Å². The van der Waals surface area contributed by atoms with E-state index in [2.05, 4.69) is 22.9 Å². The molecule has 2 unspecified atom stereocenters. The van der Waals surface area contributed by atoms with Gasteiger partial charge in [0.05, 0.1) is 10.8 Å².